The number of hydrogen-bond donors (Lipinski definition) is 3. The Morgan fingerprint density at radius 1 is 1.26 bits per heavy atom. The molecule has 3 aliphatic rings. The molecule has 0 spiro atoms. The molecule has 0 unspecified atom stereocenters. The van der Waals surface area contributed by atoms with E-state index >= 15 is 0 Å². The van der Waals surface area contributed by atoms with Crippen molar-refractivity contribution in [1.82, 2.24) is 9.97 Å². The molecular weight excluding hydrogens is 494 g/mol. The number of nitrogens with two attached hydrogens (primary N) is 1. The third kappa shape index (κ3) is 4.02. The van der Waals surface area contributed by atoms with E-state index in [9.17, 15) is 13.5 Å². The van der Waals surface area contributed by atoms with Crippen LogP contribution < -0.4 is 10.5 Å². The van der Waals surface area contributed by atoms with Gasteiger partial charge in [0.25, 0.3) is 0 Å². The highest BCUT2D eigenvalue weighted by atomic mass is 35.5. The van der Waals surface area contributed by atoms with Crippen LogP contribution in [-0.2, 0) is 24.7 Å². The maximum absolute atomic E-state index is 11.8. The first-order valence-electron chi connectivity index (χ1n) is 11.4. The molecule has 1 saturated carbocycles. The van der Waals surface area contributed by atoms with Gasteiger partial charge in [-0.05, 0) is 24.5 Å². The Balaban J connectivity index is 1.25. The molecule has 2 aromatic heterocycles. The summed E-state index contributed by atoms with van der Waals surface area (Å²) < 4.78 is 40.9. The second-order valence-electron chi connectivity index (χ2n) is 9.91. The minimum atomic E-state index is -3.06. The van der Waals surface area contributed by atoms with Crippen LogP contribution >= 0.6 is 11.6 Å². The quantitative estimate of drug-likeness (QED) is 0.450. The van der Waals surface area contributed by atoms with E-state index in [0.717, 1.165) is 24.0 Å². The van der Waals surface area contributed by atoms with Crippen molar-refractivity contribution in [2.75, 3.05) is 25.2 Å². The molecule has 2 aliphatic heterocycles. The third-order valence-corrected chi connectivity index (χ3v) is 8.56. The molecule has 6 rings (SSSR count). The van der Waals surface area contributed by atoms with Crippen molar-refractivity contribution in [3.63, 3.8) is 0 Å². The second-order valence-corrected chi connectivity index (χ2v) is 12.5. The smallest absolute Gasteiger partial charge is 0.194 e. The van der Waals surface area contributed by atoms with Gasteiger partial charge in [-0.3, -0.25) is 5.73 Å². The highest BCUT2D eigenvalue weighted by Crippen LogP contribution is 2.49. The molecule has 0 radical (unpaired) electrons. The first-order chi connectivity index (χ1) is 16.6. The Morgan fingerprint density at radius 2 is 2.00 bits per heavy atom. The monoisotopic (exact) mass is 519 g/mol. The fourth-order valence-electron chi connectivity index (χ4n) is 5.24. The van der Waals surface area contributed by atoms with Crippen LogP contribution in [0.2, 0.25) is 5.02 Å². The van der Waals surface area contributed by atoms with Crippen LogP contribution in [0, 0.1) is 0 Å². The number of halogens is 1. The van der Waals surface area contributed by atoms with Gasteiger partial charge in [0.2, 0.25) is 0 Å². The molecule has 35 heavy (non-hydrogen) atoms. The predicted octanol–water partition coefficient (Wildman–Crippen LogP) is 2.15. The van der Waals surface area contributed by atoms with E-state index in [-0.39, 0.29) is 24.4 Å². The van der Waals surface area contributed by atoms with E-state index in [2.05, 4.69) is 4.98 Å². The van der Waals surface area contributed by atoms with Gasteiger partial charge in [0.05, 0.1) is 40.7 Å². The van der Waals surface area contributed by atoms with Crippen molar-refractivity contribution in [2.24, 2.45) is 5.73 Å². The van der Waals surface area contributed by atoms with Gasteiger partial charge >= 0.3 is 0 Å². The standard InChI is InChI=1S/C24H26ClN3O6S/c1-35(30,31)12-23(6-7-23)14-4-2-13(3-5-14)21-15(25)8-16-17(28-21)9-20(27-16)34-19-11-32-22-18(29)10-33-24(19,22)26/h2-5,8-9,18-19,22,27,29H,6-7,10-12,26H2,1H3/t18-,19-,22-,24-/m1/s1. The molecule has 3 fully saturated rings. The fraction of sp³-hybridized carbons (Fsp3) is 0.458. The van der Waals surface area contributed by atoms with Gasteiger partial charge in [0.1, 0.15) is 22.0 Å². The topological polar surface area (TPSA) is 137 Å². The Bertz CT molecular complexity index is 1400. The van der Waals surface area contributed by atoms with E-state index in [1.807, 2.05) is 24.3 Å². The number of fused-ring (bicyclic) bond motifs is 2. The highest BCUT2D eigenvalue weighted by Gasteiger charge is 2.59. The summed E-state index contributed by atoms with van der Waals surface area (Å²) in [5.74, 6) is 0.605. The number of aromatic amines is 1. The highest BCUT2D eigenvalue weighted by molar-refractivity contribution is 7.90. The summed E-state index contributed by atoms with van der Waals surface area (Å²) >= 11 is 6.57. The molecule has 0 amide bonds. The summed E-state index contributed by atoms with van der Waals surface area (Å²) in [6.45, 7) is 0.294. The van der Waals surface area contributed by atoms with Gasteiger partial charge in [-0.25, -0.2) is 13.4 Å². The summed E-state index contributed by atoms with van der Waals surface area (Å²) in [4.78, 5) is 7.88. The lowest BCUT2D eigenvalue weighted by Crippen LogP contribution is -2.57. The number of pyridine rings is 1. The van der Waals surface area contributed by atoms with Crippen molar-refractivity contribution in [1.29, 1.82) is 0 Å². The fourth-order valence-corrected chi connectivity index (χ4v) is 6.96. The van der Waals surface area contributed by atoms with E-state index in [0.29, 0.717) is 27.6 Å². The number of nitrogens with one attached hydrogen (secondary N) is 1. The van der Waals surface area contributed by atoms with Crippen LogP contribution in [0.15, 0.2) is 36.4 Å². The van der Waals surface area contributed by atoms with Gasteiger partial charge in [0, 0.05) is 23.3 Å². The lowest BCUT2D eigenvalue weighted by molar-refractivity contribution is -0.0637. The van der Waals surface area contributed by atoms with Crippen LogP contribution in [0.25, 0.3) is 22.3 Å². The van der Waals surface area contributed by atoms with Crippen molar-refractivity contribution in [3.8, 4) is 17.1 Å². The molecular formula is C24H26ClN3O6S. The van der Waals surface area contributed by atoms with Gasteiger partial charge in [-0.2, -0.15) is 0 Å². The van der Waals surface area contributed by atoms with Crippen molar-refractivity contribution in [3.05, 3.63) is 47.0 Å². The number of aliphatic hydroxyl groups is 1. The van der Waals surface area contributed by atoms with Crippen molar-refractivity contribution in [2.45, 2.75) is 42.3 Å². The number of ether oxygens (including phenoxy) is 3. The summed E-state index contributed by atoms with van der Waals surface area (Å²) in [6.07, 6.45) is 1.01. The van der Waals surface area contributed by atoms with Gasteiger partial charge < -0.3 is 24.3 Å². The number of aliphatic hydroxyl groups excluding tert-OH is 1. The maximum Gasteiger partial charge on any atom is 0.194 e. The lowest BCUT2D eigenvalue weighted by Gasteiger charge is -2.27. The molecule has 186 valence electrons. The number of sulfone groups is 1. The Hall–Kier alpha value is -2.21. The van der Waals surface area contributed by atoms with Gasteiger partial charge in [-0.15, -0.1) is 0 Å². The molecule has 2 saturated heterocycles. The molecule has 11 heteroatoms. The average Bonchev–Trinajstić information content (AvgIpc) is 3.19. The number of hydrogen-bond acceptors (Lipinski definition) is 8. The maximum atomic E-state index is 11.8. The zero-order valence-corrected chi connectivity index (χ0v) is 20.6. The summed E-state index contributed by atoms with van der Waals surface area (Å²) in [5, 5.41) is 10.5. The molecule has 0 bridgehead atoms. The summed E-state index contributed by atoms with van der Waals surface area (Å²) in [5.41, 5.74) is 8.67. The molecule has 1 aromatic carbocycles. The molecule has 4 N–H and O–H groups in total. The molecule has 1 aliphatic carbocycles. The first-order valence-corrected chi connectivity index (χ1v) is 13.9. The van der Waals surface area contributed by atoms with Crippen LogP contribution in [0.3, 0.4) is 0 Å². The van der Waals surface area contributed by atoms with E-state index in [1.165, 1.54) is 6.26 Å². The van der Waals surface area contributed by atoms with Crippen LogP contribution in [-0.4, -0.2) is 72.8 Å². The minimum absolute atomic E-state index is 0.0996. The Kier molecular flexibility index (Phi) is 5.23. The second kappa shape index (κ2) is 7.89. The van der Waals surface area contributed by atoms with Crippen molar-refractivity contribution < 1.29 is 27.7 Å². The molecule has 4 atom stereocenters. The summed E-state index contributed by atoms with van der Waals surface area (Å²) in [7, 11) is -3.06. The Labute approximate surface area is 207 Å². The van der Waals surface area contributed by atoms with Crippen molar-refractivity contribution >= 4 is 32.5 Å². The minimum Gasteiger partial charge on any atom is -0.468 e. The number of nitrogens with zero attached hydrogens (tertiary/aromatic N) is 1. The van der Waals surface area contributed by atoms with E-state index in [4.69, 9.17) is 36.5 Å². The predicted molar refractivity (Wildman–Crippen MR) is 130 cm³/mol. The Morgan fingerprint density at radius 3 is 2.69 bits per heavy atom. The zero-order chi connectivity index (χ0) is 24.6. The molecule has 9 nitrogen and oxygen atoms in total. The first kappa shape index (κ1) is 23.2. The molecule has 4 heterocycles. The third-order valence-electron chi connectivity index (χ3n) is 7.19. The van der Waals surface area contributed by atoms with E-state index in [1.54, 1.807) is 12.1 Å². The normalized spacial score (nSPS) is 29.4. The van der Waals surface area contributed by atoms with Gasteiger partial charge in [0.15, 0.2) is 17.7 Å². The van der Waals surface area contributed by atoms with Crippen LogP contribution in [0.1, 0.15) is 18.4 Å². The van der Waals surface area contributed by atoms with E-state index < -0.39 is 33.9 Å². The van der Waals surface area contributed by atoms with Gasteiger partial charge in [-0.1, -0.05) is 35.9 Å². The largest absolute Gasteiger partial charge is 0.468 e. The number of H-pyrrole nitrogens is 1. The number of benzene rings is 1. The van der Waals surface area contributed by atoms with Crippen LogP contribution in [0.4, 0.5) is 0 Å². The number of rotatable bonds is 6. The van der Waals surface area contributed by atoms with Crippen LogP contribution in [0.5, 0.6) is 5.88 Å². The lowest BCUT2D eigenvalue weighted by atomic mass is 9.96. The summed E-state index contributed by atoms with van der Waals surface area (Å²) in [6, 6.07) is 11.3. The molecule has 3 aromatic rings. The zero-order valence-electron chi connectivity index (χ0n) is 19.0. The average molecular weight is 520 g/mol. The number of aromatic nitrogens is 2. The SMILES string of the molecule is CS(=O)(=O)CC1(c2ccc(-c3nc4cc(O[C@@H]5CO[C@@H]6[C@H](O)CO[C@@]65N)[nH]c4cc3Cl)cc2)CC1.